The summed E-state index contributed by atoms with van der Waals surface area (Å²) in [5.74, 6) is 0.291. The Morgan fingerprint density at radius 3 is 2.59 bits per heavy atom. The SMILES string of the molecule is CC(C)C(NS(=O)(=O)c1ccc2c(c1)OCCCO2)C(=O)NC1CCc2cc(Cl)ccc21. The summed E-state index contributed by atoms with van der Waals surface area (Å²) in [6, 6.07) is 9.03. The molecule has 1 aliphatic heterocycles. The van der Waals surface area contributed by atoms with Crippen molar-refractivity contribution >= 4 is 27.5 Å². The molecule has 0 radical (unpaired) electrons. The number of hydrogen-bond acceptors (Lipinski definition) is 5. The number of hydrogen-bond donors (Lipinski definition) is 2. The molecule has 2 aliphatic rings. The van der Waals surface area contributed by atoms with Crippen molar-refractivity contribution in [3.63, 3.8) is 0 Å². The fraction of sp³-hybridized carbons (Fsp3) is 0.435. The lowest BCUT2D eigenvalue weighted by Crippen LogP contribution is -2.50. The lowest BCUT2D eigenvalue weighted by molar-refractivity contribution is -0.124. The predicted molar refractivity (Wildman–Crippen MR) is 122 cm³/mol. The molecule has 2 aromatic rings. The summed E-state index contributed by atoms with van der Waals surface area (Å²) in [5, 5.41) is 3.68. The molecule has 2 aromatic carbocycles. The average molecular weight is 479 g/mol. The number of sulfonamides is 1. The normalized spacial score (nSPS) is 18.7. The van der Waals surface area contributed by atoms with Crippen molar-refractivity contribution in [3.8, 4) is 11.5 Å². The molecule has 7 nitrogen and oxygen atoms in total. The summed E-state index contributed by atoms with van der Waals surface area (Å²) in [6.45, 7) is 4.59. The predicted octanol–water partition coefficient (Wildman–Crippen LogP) is 3.61. The second-order valence-electron chi connectivity index (χ2n) is 8.44. The highest BCUT2D eigenvalue weighted by Crippen LogP contribution is 2.34. The molecule has 0 fully saturated rings. The van der Waals surface area contributed by atoms with Crippen LogP contribution in [0.2, 0.25) is 5.02 Å². The molecule has 2 atom stereocenters. The Bertz CT molecular complexity index is 1120. The summed E-state index contributed by atoms with van der Waals surface area (Å²) in [6.07, 6.45) is 2.29. The molecule has 4 rings (SSSR count). The maximum atomic E-state index is 13.1. The monoisotopic (exact) mass is 478 g/mol. The van der Waals surface area contributed by atoms with Gasteiger partial charge in [-0.25, -0.2) is 8.42 Å². The van der Waals surface area contributed by atoms with E-state index in [1.54, 1.807) is 12.1 Å². The van der Waals surface area contributed by atoms with E-state index in [2.05, 4.69) is 10.0 Å². The Labute approximate surface area is 193 Å². The minimum Gasteiger partial charge on any atom is -0.490 e. The number of carbonyl (C=O) groups is 1. The highest BCUT2D eigenvalue weighted by Gasteiger charge is 2.32. The van der Waals surface area contributed by atoms with Gasteiger partial charge in [0.25, 0.3) is 0 Å². The fourth-order valence-corrected chi connectivity index (χ4v) is 5.59. The van der Waals surface area contributed by atoms with Crippen molar-refractivity contribution in [2.24, 2.45) is 5.92 Å². The molecule has 0 saturated heterocycles. The highest BCUT2D eigenvalue weighted by atomic mass is 35.5. The van der Waals surface area contributed by atoms with Gasteiger partial charge in [0.1, 0.15) is 6.04 Å². The second-order valence-corrected chi connectivity index (χ2v) is 10.6. The minimum atomic E-state index is -3.96. The van der Waals surface area contributed by atoms with E-state index in [9.17, 15) is 13.2 Å². The van der Waals surface area contributed by atoms with Gasteiger partial charge in [0.2, 0.25) is 15.9 Å². The number of ether oxygens (including phenoxy) is 2. The Morgan fingerprint density at radius 1 is 1.09 bits per heavy atom. The molecule has 0 bridgehead atoms. The van der Waals surface area contributed by atoms with Crippen molar-refractivity contribution in [1.29, 1.82) is 0 Å². The molecule has 0 spiro atoms. The quantitative estimate of drug-likeness (QED) is 0.661. The van der Waals surface area contributed by atoms with Crippen LogP contribution in [0.4, 0.5) is 0 Å². The van der Waals surface area contributed by atoms with E-state index in [0.717, 1.165) is 30.4 Å². The van der Waals surface area contributed by atoms with Crippen LogP contribution in [-0.4, -0.2) is 33.6 Å². The molecule has 1 amide bonds. The largest absolute Gasteiger partial charge is 0.490 e. The lowest BCUT2D eigenvalue weighted by Gasteiger charge is -2.24. The van der Waals surface area contributed by atoms with Crippen LogP contribution in [0.3, 0.4) is 0 Å². The third-order valence-electron chi connectivity index (χ3n) is 5.76. The van der Waals surface area contributed by atoms with E-state index < -0.39 is 16.1 Å². The molecule has 1 aliphatic carbocycles. The smallest absolute Gasteiger partial charge is 0.241 e. The first-order chi connectivity index (χ1) is 15.2. The van der Waals surface area contributed by atoms with E-state index in [4.69, 9.17) is 21.1 Å². The van der Waals surface area contributed by atoms with Crippen LogP contribution in [0.1, 0.15) is 43.9 Å². The van der Waals surface area contributed by atoms with E-state index in [0.29, 0.717) is 29.7 Å². The van der Waals surface area contributed by atoms with Crippen molar-refractivity contribution in [3.05, 3.63) is 52.5 Å². The Morgan fingerprint density at radius 2 is 1.84 bits per heavy atom. The number of benzene rings is 2. The van der Waals surface area contributed by atoms with Gasteiger partial charge in [-0.1, -0.05) is 31.5 Å². The molecule has 32 heavy (non-hydrogen) atoms. The van der Waals surface area contributed by atoms with Crippen LogP contribution < -0.4 is 19.5 Å². The maximum absolute atomic E-state index is 13.1. The Balaban J connectivity index is 1.51. The fourth-order valence-electron chi connectivity index (χ4n) is 4.04. The number of rotatable bonds is 6. The van der Waals surface area contributed by atoms with Crippen molar-refractivity contribution in [1.82, 2.24) is 10.0 Å². The zero-order chi connectivity index (χ0) is 22.9. The molecular formula is C23H27ClN2O5S. The average Bonchev–Trinajstić information content (AvgIpc) is 2.98. The number of aryl methyl sites for hydroxylation is 1. The van der Waals surface area contributed by atoms with E-state index in [-0.39, 0.29) is 22.8 Å². The molecule has 1 heterocycles. The van der Waals surface area contributed by atoms with Gasteiger partial charge in [0.15, 0.2) is 11.5 Å². The van der Waals surface area contributed by atoms with Gasteiger partial charge < -0.3 is 14.8 Å². The van der Waals surface area contributed by atoms with Crippen LogP contribution >= 0.6 is 11.6 Å². The third-order valence-corrected chi connectivity index (χ3v) is 7.43. The van der Waals surface area contributed by atoms with Gasteiger partial charge in [-0.2, -0.15) is 4.72 Å². The van der Waals surface area contributed by atoms with Crippen molar-refractivity contribution < 1.29 is 22.7 Å². The van der Waals surface area contributed by atoms with Crippen LogP contribution in [0.25, 0.3) is 0 Å². The molecular weight excluding hydrogens is 452 g/mol. The Hall–Kier alpha value is -2.29. The number of carbonyl (C=O) groups excluding carboxylic acids is 1. The third kappa shape index (κ3) is 4.87. The summed E-state index contributed by atoms with van der Waals surface area (Å²) in [5.41, 5.74) is 2.13. The zero-order valence-corrected chi connectivity index (χ0v) is 19.6. The molecule has 0 aromatic heterocycles. The van der Waals surface area contributed by atoms with E-state index >= 15 is 0 Å². The van der Waals surface area contributed by atoms with E-state index in [1.165, 1.54) is 12.1 Å². The van der Waals surface area contributed by atoms with Crippen LogP contribution in [0, 0.1) is 5.92 Å². The number of nitrogens with one attached hydrogen (secondary N) is 2. The molecule has 172 valence electrons. The first-order valence-corrected chi connectivity index (χ1v) is 12.6. The van der Waals surface area contributed by atoms with Gasteiger partial charge in [0, 0.05) is 17.5 Å². The first kappa shape index (κ1) is 22.9. The van der Waals surface area contributed by atoms with Crippen molar-refractivity contribution in [2.45, 2.75) is 50.1 Å². The van der Waals surface area contributed by atoms with Crippen LogP contribution in [-0.2, 0) is 21.2 Å². The molecule has 2 unspecified atom stereocenters. The van der Waals surface area contributed by atoms with Gasteiger partial charge in [0.05, 0.1) is 24.2 Å². The van der Waals surface area contributed by atoms with E-state index in [1.807, 2.05) is 26.0 Å². The number of halogens is 1. The maximum Gasteiger partial charge on any atom is 0.241 e. The molecule has 0 saturated carbocycles. The second kappa shape index (κ2) is 9.29. The number of fused-ring (bicyclic) bond motifs is 2. The first-order valence-electron chi connectivity index (χ1n) is 10.8. The highest BCUT2D eigenvalue weighted by molar-refractivity contribution is 7.89. The molecule has 2 N–H and O–H groups in total. The van der Waals surface area contributed by atoms with Gasteiger partial charge in [-0.05, 0) is 54.2 Å². The van der Waals surface area contributed by atoms with Crippen molar-refractivity contribution in [2.75, 3.05) is 13.2 Å². The minimum absolute atomic E-state index is 0.0288. The van der Waals surface area contributed by atoms with Gasteiger partial charge >= 0.3 is 0 Å². The topological polar surface area (TPSA) is 93.7 Å². The number of amides is 1. The van der Waals surface area contributed by atoms with Gasteiger partial charge in [-0.15, -0.1) is 0 Å². The summed E-state index contributed by atoms with van der Waals surface area (Å²) in [4.78, 5) is 13.1. The summed E-state index contributed by atoms with van der Waals surface area (Å²) < 4.78 is 39.9. The Kier molecular flexibility index (Phi) is 6.65. The standard InChI is InChI=1S/C23H27ClN2O5S/c1-14(2)22(23(27)25-19-8-4-15-12-16(24)5-7-18(15)19)26-32(28,29)17-6-9-20-21(13-17)31-11-3-10-30-20/h5-7,9,12-14,19,22,26H,3-4,8,10-11H2,1-2H3,(H,25,27). The van der Waals surface area contributed by atoms with Crippen LogP contribution in [0.5, 0.6) is 11.5 Å². The molecule has 9 heteroatoms. The lowest BCUT2D eigenvalue weighted by atomic mass is 10.0. The summed E-state index contributed by atoms with van der Waals surface area (Å²) in [7, 11) is -3.96. The van der Waals surface area contributed by atoms with Crippen LogP contribution in [0.15, 0.2) is 41.3 Å². The van der Waals surface area contributed by atoms with Gasteiger partial charge in [-0.3, -0.25) is 4.79 Å². The zero-order valence-electron chi connectivity index (χ0n) is 18.1. The summed E-state index contributed by atoms with van der Waals surface area (Å²) >= 11 is 6.07.